The molecule has 1 aliphatic heterocycles. The molecule has 6 nitrogen and oxygen atoms in total. The standard InChI is InChI=1S/C20H24N4O2/c1-15-3-5-17(6-4-15)14-22-20(26)19-13-18(7-8-21-19)24-11-9-23(10-12-24)16(2)25/h3-8,13H,9-12,14H2,1-2H3,(H,22,26). The number of rotatable bonds is 4. The molecule has 1 N–H and O–H groups in total. The fraction of sp³-hybridized carbons (Fsp3) is 0.350. The van der Waals surface area contributed by atoms with Gasteiger partial charge in [0.1, 0.15) is 5.69 Å². The van der Waals surface area contributed by atoms with Crippen LogP contribution >= 0.6 is 0 Å². The van der Waals surface area contributed by atoms with Crippen LogP contribution in [0.5, 0.6) is 0 Å². The van der Waals surface area contributed by atoms with Gasteiger partial charge in [-0.15, -0.1) is 0 Å². The molecule has 6 heteroatoms. The van der Waals surface area contributed by atoms with Gasteiger partial charge in [-0.1, -0.05) is 29.8 Å². The Labute approximate surface area is 153 Å². The summed E-state index contributed by atoms with van der Waals surface area (Å²) in [6.07, 6.45) is 1.66. The van der Waals surface area contributed by atoms with Crippen molar-refractivity contribution in [1.82, 2.24) is 15.2 Å². The van der Waals surface area contributed by atoms with Gasteiger partial charge in [-0.2, -0.15) is 0 Å². The molecular weight excluding hydrogens is 328 g/mol. The second kappa shape index (κ2) is 7.99. The van der Waals surface area contributed by atoms with Crippen molar-refractivity contribution in [2.24, 2.45) is 0 Å². The normalized spacial score (nSPS) is 14.2. The predicted molar refractivity (Wildman–Crippen MR) is 101 cm³/mol. The summed E-state index contributed by atoms with van der Waals surface area (Å²) in [5.74, 6) is -0.0784. The number of aromatic nitrogens is 1. The van der Waals surface area contributed by atoms with Crippen molar-refractivity contribution in [2.45, 2.75) is 20.4 Å². The second-order valence-corrected chi connectivity index (χ2v) is 6.56. The van der Waals surface area contributed by atoms with E-state index in [1.54, 1.807) is 13.1 Å². The first kappa shape index (κ1) is 17.9. The molecular formula is C20H24N4O2. The Morgan fingerprint density at radius 1 is 1.08 bits per heavy atom. The van der Waals surface area contributed by atoms with Crippen LogP contribution in [-0.2, 0) is 11.3 Å². The SMILES string of the molecule is CC(=O)N1CCN(c2ccnc(C(=O)NCc3ccc(C)cc3)c2)CC1. The molecule has 2 amide bonds. The quantitative estimate of drug-likeness (QED) is 0.914. The van der Waals surface area contributed by atoms with E-state index in [0.717, 1.165) is 24.3 Å². The largest absolute Gasteiger partial charge is 0.368 e. The molecule has 2 heterocycles. The fourth-order valence-corrected chi connectivity index (χ4v) is 3.00. The van der Waals surface area contributed by atoms with Crippen LogP contribution < -0.4 is 10.2 Å². The van der Waals surface area contributed by atoms with E-state index in [0.29, 0.717) is 25.3 Å². The Balaban J connectivity index is 1.60. The maximum atomic E-state index is 12.4. The third kappa shape index (κ3) is 4.39. The third-order valence-corrected chi connectivity index (χ3v) is 4.64. The number of hydrogen-bond acceptors (Lipinski definition) is 4. The molecule has 1 aromatic carbocycles. The molecule has 0 aliphatic carbocycles. The highest BCUT2D eigenvalue weighted by Crippen LogP contribution is 2.17. The maximum absolute atomic E-state index is 12.4. The van der Waals surface area contributed by atoms with Crippen molar-refractivity contribution >= 4 is 17.5 Å². The van der Waals surface area contributed by atoms with Crippen molar-refractivity contribution in [1.29, 1.82) is 0 Å². The average Bonchev–Trinajstić information content (AvgIpc) is 2.67. The fourth-order valence-electron chi connectivity index (χ4n) is 3.00. The summed E-state index contributed by atoms with van der Waals surface area (Å²) in [5, 5.41) is 2.91. The summed E-state index contributed by atoms with van der Waals surface area (Å²) in [4.78, 5) is 32.1. The molecule has 0 radical (unpaired) electrons. The number of pyridine rings is 1. The zero-order chi connectivity index (χ0) is 18.5. The van der Waals surface area contributed by atoms with Gasteiger partial charge in [-0.25, -0.2) is 0 Å². The van der Waals surface area contributed by atoms with Crippen LogP contribution in [0.1, 0.15) is 28.5 Å². The van der Waals surface area contributed by atoms with Gasteiger partial charge in [0, 0.05) is 51.5 Å². The Bertz CT molecular complexity index is 781. The van der Waals surface area contributed by atoms with Crippen LogP contribution in [0.25, 0.3) is 0 Å². The van der Waals surface area contributed by atoms with E-state index in [-0.39, 0.29) is 11.8 Å². The highest BCUT2D eigenvalue weighted by molar-refractivity contribution is 5.93. The lowest BCUT2D eigenvalue weighted by atomic mass is 10.1. The first-order valence-electron chi connectivity index (χ1n) is 8.83. The molecule has 0 bridgehead atoms. The summed E-state index contributed by atoms with van der Waals surface area (Å²) < 4.78 is 0. The zero-order valence-electron chi connectivity index (χ0n) is 15.2. The Hall–Kier alpha value is -2.89. The molecule has 0 spiro atoms. The summed E-state index contributed by atoms with van der Waals surface area (Å²) in [6, 6.07) is 11.8. The maximum Gasteiger partial charge on any atom is 0.270 e. The van der Waals surface area contributed by atoms with Crippen molar-refractivity contribution < 1.29 is 9.59 Å². The minimum absolute atomic E-state index is 0.107. The molecule has 1 saturated heterocycles. The van der Waals surface area contributed by atoms with Gasteiger partial charge in [-0.05, 0) is 24.6 Å². The molecule has 136 valence electrons. The number of anilines is 1. The lowest BCUT2D eigenvalue weighted by Gasteiger charge is -2.35. The molecule has 2 aromatic rings. The van der Waals surface area contributed by atoms with E-state index in [1.807, 2.05) is 48.2 Å². The van der Waals surface area contributed by atoms with E-state index < -0.39 is 0 Å². The van der Waals surface area contributed by atoms with Gasteiger partial charge in [-0.3, -0.25) is 14.6 Å². The van der Waals surface area contributed by atoms with Crippen LogP contribution in [-0.4, -0.2) is 47.9 Å². The van der Waals surface area contributed by atoms with Crippen molar-refractivity contribution in [3.8, 4) is 0 Å². The Morgan fingerprint density at radius 2 is 1.77 bits per heavy atom. The lowest BCUT2D eigenvalue weighted by Crippen LogP contribution is -2.48. The molecule has 0 saturated carbocycles. The minimum atomic E-state index is -0.185. The zero-order valence-corrected chi connectivity index (χ0v) is 15.2. The van der Waals surface area contributed by atoms with Crippen LogP contribution in [0.15, 0.2) is 42.6 Å². The molecule has 0 unspecified atom stereocenters. The molecule has 3 rings (SSSR count). The number of benzene rings is 1. The van der Waals surface area contributed by atoms with Gasteiger partial charge in [0.2, 0.25) is 5.91 Å². The smallest absolute Gasteiger partial charge is 0.270 e. The van der Waals surface area contributed by atoms with Crippen LogP contribution in [0, 0.1) is 6.92 Å². The number of carbonyl (C=O) groups is 2. The van der Waals surface area contributed by atoms with Crippen molar-refractivity contribution in [3.63, 3.8) is 0 Å². The van der Waals surface area contributed by atoms with Crippen LogP contribution in [0.4, 0.5) is 5.69 Å². The Morgan fingerprint density at radius 3 is 2.42 bits per heavy atom. The number of nitrogens with zero attached hydrogens (tertiary/aromatic N) is 3. The van der Waals surface area contributed by atoms with Crippen molar-refractivity contribution in [2.75, 3.05) is 31.1 Å². The van der Waals surface area contributed by atoms with Crippen molar-refractivity contribution in [3.05, 3.63) is 59.4 Å². The molecule has 1 fully saturated rings. The first-order valence-corrected chi connectivity index (χ1v) is 8.83. The number of nitrogens with one attached hydrogen (secondary N) is 1. The molecule has 1 aromatic heterocycles. The summed E-state index contributed by atoms with van der Waals surface area (Å²) in [7, 11) is 0. The van der Waals surface area contributed by atoms with Gasteiger partial charge in [0.05, 0.1) is 0 Å². The predicted octanol–water partition coefficient (Wildman–Crippen LogP) is 1.99. The Kier molecular flexibility index (Phi) is 5.51. The van der Waals surface area contributed by atoms with Gasteiger partial charge in [0.25, 0.3) is 5.91 Å². The molecule has 0 atom stereocenters. The van der Waals surface area contributed by atoms with Gasteiger partial charge >= 0.3 is 0 Å². The van der Waals surface area contributed by atoms with E-state index in [2.05, 4.69) is 15.2 Å². The number of piperazine rings is 1. The number of aryl methyl sites for hydroxylation is 1. The highest BCUT2D eigenvalue weighted by atomic mass is 16.2. The molecule has 26 heavy (non-hydrogen) atoms. The van der Waals surface area contributed by atoms with Gasteiger partial charge < -0.3 is 15.1 Å². The van der Waals surface area contributed by atoms with E-state index in [9.17, 15) is 9.59 Å². The lowest BCUT2D eigenvalue weighted by molar-refractivity contribution is -0.129. The minimum Gasteiger partial charge on any atom is -0.368 e. The van der Waals surface area contributed by atoms with E-state index >= 15 is 0 Å². The third-order valence-electron chi connectivity index (χ3n) is 4.64. The summed E-state index contributed by atoms with van der Waals surface area (Å²) >= 11 is 0. The summed E-state index contributed by atoms with van der Waals surface area (Å²) in [5.41, 5.74) is 3.62. The number of carbonyl (C=O) groups excluding carboxylic acids is 2. The van der Waals surface area contributed by atoms with E-state index in [1.165, 1.54) is 5.56 Å². The first-order chi connectivity index (χ1) is 12.5. The monoisotopic (exact) mass is 352 g/mol. The number of hydrogen-bond donors (Lipinski definition) is 1. The van der Waals surface area contributed by atoms with E-state index in [4.69, 9.17) is 0 Å². The van der Waals surface area contributed by atoms with Gasteiger partial charge in [0.15, 0.2) is 0 Å². The number of amides is 2. The molecule has 1 aliphatic rings. The second-order valence-electron chi connectivity index (χ2n) is 6.56. The summed E-state index contributed by atoms with van der Waals surface area (Å²) in [6.45, 7) is 7.02. The van der Waals surface area contributed by atoms with Crippen LogP contribution in [0.2, 0.25) is 0 Å². The average molecular weight is 352 g/mol. The topological polar surface area (TPSA) is 65.5 Å². The van der Waals surface area contributed by atoms with Crippen LogP contribution in [0.3, 0.4) is 0 Å². The highest BCUT2D eigenvalue weighted by Gasteiger charge is 2.19.